The monoisotopic (exact) mass is 218 g/mol. The summed E-state index contributed by atoms with van der Waals surface area (Å²) < 4.78 is 2.81. The average Bonchev–Trinajstić information content (AvgIpc) is 1.84. The predicted octanol–water partition coefficient (Wildman–Crippen LogP) is 1.71. The summed E-state index contributed by atoms with van der Waals surface area (Å²) in [6.07, 6.45) is 0. The van der Waals surface area contributed by atoms with Crippen molar-refractivity contribution in [1.82, 2.24) is 8.88 Å². The summed E-state index contributed by atoms with van der Waals surface area (Å²) in [5.41, 5.74) is 0. The highest BCUT2D eigenvalue weighted by Crippen LogP contribution is 2.10. The van der Waals surface area contributed by atoms with Gasteiger partial charge in [0.25, 0.3) is 0 Å². The second kappa shape index (κ2) is 4.71. The standard InChI is InChI=1S/C7H22N2Si3/c1-8-12(6,7)9(10(2)3)11(4)5/h8H,1-7H3. The fourth-order valence-corrected chi connectivity index (χ4v) is 15.1. The van der Waals surface area contributed by atoms with E-state index in [1.54, 1.807) is 0 Å². The molecule has 0 saturated heterocycles. The third-order valence-corrected chi connectivity index (χ3v) is 14.9. The van der Waals surface area contributed by atoms with Crippen LogP contribution in [0.5, 0.6) is 0 Å². The Balaban J connectivity index is 4.50. The van der Waals surface area contributed by atoms with Crippen molar-refractivity contribution in [3.8, 4) is 0 Å². The molecule has 12 heavy (non-hydrogen) atoms. The maximum Gasteiger partial charge on any atom is 0.184 e. The second-order valence-corrected chi connectivity index (χ2v) is 14.1. The molecule has 0 heterocycles. The van der Waals surface area contributed by atoms with Gasteiger partial charge in [-0.05, 0) is 20.1 Å². The molecule has 0 aromatic rings. The molecule has 0 fully saturated rings. The Morgan fingerprint density at radius 2 is 1.33 bits per heavy atom. The van der Waals surface area contributed by atoms with E-state index in [2.05, 4.69) is 55.2 Å². The molecule has 0 spiro atoms. The molecule has 2 nitrogen and oxygen atoms in total. The molecule has 1 N–H and O–H groups in total. The van der Waals surface area contributed by atoms with Crippen molar-refractivity contribution in [3.63, 3.8) is 0 Å². The molecule has 5 heteroatoms. The fourth-order valence-electron chi connectivity index (χ4n) is 1.68. The van der Waals surface area contributed by atoms with Crippen LogP contribution in [0.1, 0.15) is 0 Å². The first-order valence-electron chi connectivity index (χ1n) is 4.42. The van der Waals surface area contributed by atoms with E-state index in [9.17, 15) is 0 Å². The molecule has 0 atom stereocenters. The Kier molecular flexibility index (Phi) is 4.93. The summed E-state index contributed by atoms with van der Waals surface area (Å²) in [7, 11) is 0.319. The lowest BCUT2D eigenvalue weighted by Crippen LogP contribution is -2.66. The van der Waals surface area contributed by atoms with Crippen LogP contribution in [-0.2, 0) is 0 Å². The average molecular weight is 219 g/mol. The van der Waals surface area contributed by atoms with E-state index in [1.807, 2.05) is 0 Å². The maximum absolute atomic E-state index is 3.52. The normalized spacial score (nSPS) is 13.5. The lowest BCUT2D eigenvalue weighted by molar-refractivity contribution is 0.893. The second-order valence-electron chi connectivity index (χ2n) is 4.04. The van der Waals surface area contributed by atoms with Crippen LogP contribution in [0.15, 0.2) is 0 Å². The topological polar surface area (TPSA) is 15.3 Å². The lowest BCUT2D eigenvalue weighted by Gasteiger charge is -2.41. The van der Waals surface area contributed by atoms with Gasteiger partial charge < -0.3 is 8.88 Å². The number of hydrogen-bond acceptors (Lipinski definition) is 2. The van der Waals surface area contributed by atoms with Crippen molar-refractivity contribution in [2.45, 2.75) is 39.3 Å². The van der Waals surface area contributed by atoms with E-state index in [0.29, 0.717) is 0 Å². The summed E-state index contributed by atoms with van der Waals surface area (Å²) in [5.74, 6) is 0. The first kappa shape index (κ1) is 12.6. The van der Waals surface area contributed by atoms with Gasteiger partial charge in [-0.15, -0.1) is 0 Å². The zero-order valence-electron chi connectivity index (χ0n) is 9.45. The van der Waals surface area contributed by atoms with Crippen molar-refractivity contribution in [3.05, 3.63) is 0 Å². The number of hydrogen-bond donors (Lipinski definition) is 1. The van der Waals surface area contributed by atoms with Gasteiger partial charge in [0, 0.05) is 0 Å². The SMILES string of the molecule is CN[Si](C)(C)N([Si](C)C)[Si](C)C. The molecule has 0 rings (SSSR count). The van der Waals surface area contributed by atoms with Crippen LogP contribution in [0.25, 0.3) is 0 Å². The Morgan fingerprint density at radius 1 is 1.00 bits per heavy atom. The number of nitrogens with one attached hydrogen (secondary N) is 1. The van der Waals surface area contributed by atoms with Crippen molar-refractivity contribution in [2.24, 2.45) is 0 Å². The molecule has 0 aliphatic rings. The van der Waals surface area contributed by atoms with E-state index < -0.39 is 8.40 Å². The van der Waals surface area contributed by atoms with Crippen LogP contribution in [0.2, 0.25) is 39.3 Å². The van der Waals surface area contributed by atoms with Crippen molar-refractivity contribution < 1.29 is 0 Å². The van der Waals surface area contributed by atoms with Gasteiger partial charge in [-0.3, -0.25) is 0 Å². The number of rotatable bonds is 4. The molecule has 0 bridgehead atoms. The Bertz CT molecular complexity index is 129. The molecule has 72 valence electrons. The summed E-state index contributed by atoms with van der Waals surface area (Å²) in [5, 5.41) is 0. The molecule has 0 amide bonds. The largest absolute Gasteiger partial charge is 0.358 e. The molecule has 0 aromatic heterocycles. The van der Waals surface area contributed by atoms with Gasteiger partial charge in [0.15, 0.2) is 8.40 Å². The molecule has 0 aromatic carbocycles. The van der Waals surface area contributed by atoms with E-state index in [1.165, 1.54) is 0 Å². The molecule has 0 saturated carbocycles. The van der Waals surface area contributed by atoms with Crippen LogP contribution in [0.3, 0.4) is 0 Å². The van der Waals surface area contributed by atoms with Gasteiger partial charge >= 0.3 is 0 Å². The minimum absolute atomic E-state index is 0.264. The van der Waals surface area contributed by atoms with Crippen LogP contribution >= 0.6 is 0 Å². The van der Waals surface area contributed by atoms with E-state index in [0.717, 1.165) is 0 Å². The zero-order chi connectivity index (χ0) is 9.94. The first-order chi connectivity index (χ1) is 5.33. The summed E-state index contributed by atoms with van der Waals surface area (Å²) >= 11 is 0. The van der Waals surface area contributed by atoms with Crippen LogP contribution in [-0.4, -0.2) is 37.3 Å². The molecule has 0 unspecified atom stereocenters. The molecular formula is C7H22N2Si3. The van der Waals surface area contributed by atoms with E-state index in [-0.39, 0.29) is 17.9 Å². The lowest BCUT2D eigenvalue weighted by atomic mass is 11.6. The molecular weight excluding hydrogens is 196 g/mol. The highest BCUT2D eigenvalue weighted by atomic mass is 28.4. The van der Waals surface area contributed by atoms with E-state index >= 15 is 0 Å². The Labute approximate surface area is 81.9 Å². The summed E-state index contributed by atoms with van der Waals surface area (Å²) in [6, 6.07) is 0. The smallest absolute Gasteiger partial charge is 0.184 e. The van der Waals surface area contributed by atoms with Crippen molar-refractivity contribution in [2.75, 3.05) is 7.05 Å². The quantitative estimate of drug-likeness (QED) is 0.723. The highest BCUT2D eigenvalue weighted by molar-refractivity contribution is 6.92. The van der Waals surface area contributed by atoms with Crippen molar-refractivity contribution >= 4 is 26.3 Å². The van der Waals surface area contributed by atoms with Gasteiger partial charge in [0.1, 0.15) is 17.9 Å². The van der Waals surface area contributed by atoms with Gasteiger partial charge in [-0.2, -0.15) is 0 Å². The third-order valence-electron chi connectivity index (χ3n) is 2.07. The maximum atomic E-state index is 3.52. The summed E-state index contributed by atoms with van der Waals surface area (Å²) in [6.45, 7) is 14.4. The molecule has 0 aliphatic heterocycles. The minimum atomic E-state index is -1.26. The van der Waals surface area contributed by atoms with Gasteiger partial charge in [-0.1, -0.05) is 26.2 Å². The fraction of sp³-hybridized carbons (Fsp3) is 1.00. The minimum Gasteiger partial charge on any atom is -0.358 e. The van der Waals surface area contributed by atoms with E-state index in [4.69, 9.17) is 0 Å². The Morgan fingerprint density at radius 3 is 1.42 bits per heavy atom. The predicted molar refractivity (Wildman–Crippen MR) is 63.3 cm³/mol. The highest BCUT2D eigenvalue weighted by Gasteiger charge is 2.32. The van der Waals surface area contributed by atoms with Gasteiger partial charge in [0.05, 0.1) is 0 Å². The first-order valence-corrected chi connectivity index (χ1v) is 12.3. The van der Waals surface area contributed by atoms with Crippen LogP contribution < -0.4 is 4.98 Å². The number of nitrogens with zero attached hydrogens (tertiary/aromatic N) is 1. The Hall–Kier alpha value is 0.571. The summed E-state index contributed by atoms with van der Waals surface area (Å²) in [4.78, 5) is 3.52. The van der Waals surface area contributed by atoms with Gasteiger partial charge in [-0.25, -0.2) is 0 Å². The molecule has 0 aliphatic carbocycles. The van der Waals surface area contributed by atoms with Gasteiger partial charge in [0.2, 0.25) is 0 Å². The van der Waals surface area contributed by atoms with Crippen molar-refractivity contribution in [1.29, 1.82) is 0 Å². The molecule has 2 radical (unpaired) electrons. The zero-order valence-corrected chi connectivity index (χ0v) is 12.4. The van der Waals surface area contributed by atoms with Crippen LogP contribution in [0, 0.1) is 0 Å². The van der Waals surface area contributed by atoms with Crippen LogP contribution in [0.4, 0.5) is 0 Å². The third kappa shape index (κ3) is 3.14.